The summed E-state index contributed by atoms with van der Waals surface area (Å²) in [6.45, 7) is 0. The van der Waals surface area contributed by atoms with E-state index in [1.807, 2.05) is 48.5 Å². The molecule has 0 radical (unpaired) electrons. The Bertz CT molecular complexity index is 1180. The summed E-state index contributed by atoms with van der Waals surface area (Å²) >= 11 is 0. The third-order valence-corrected chi connectivity index (χ3v) is 4.35. The zero-order valence-corrected chi connectivity index (χ0v) is 14.6. The van der Waals surface area contributed by atoms with Gasteiger partial charge in [0.2, 0.25) is 0 Å². The summed E-state index contributed by atoms with van der Waals surface area (Å²) in [7, 11) is 1.33. The molecule has 0 saturated carbocycles. The van der Waals surface area contributed by atoms with Crippen molar-refractivity contribution in [3.8, 4) is 17.1 Å². The van der Waals surface area contributed by atoms with E-state index in [0.717, 1.165) is 5.56 Å². The predicted molar refractivity (Wildman–Crippen MR) is 104 cm³/mol. The molecule has 0 bridgehead atoms. The summed E-state index contributed by atoms with van der Waals surface area (Å²) < 4.78 is 6.30. The van der Waals surface area contributed by atoms with Gasteiger partial charge in [0.15, 0.2) is 0 Å². The summed E-state index contributed by atoms with van der Waals surface area (Å²) in [5, 5.41) is 0.536. The molecule has 5 heteroatoms. The molecule has 0 aliphatic heterocycles. The number of para-hydroxylation sites is 1. The molecular weight excluding hydrogens is 340 g/mol. The smallest absolute Gasteiger partial charge is 0.337 e. The van der Waals surface area contributed by atoms with E-state index < -0.39 is 5.97 Å². The third kappa shape index (κ3) is 3.00. The van der Waals surface area contributed by atoms with Gasteiger partial charge in [0, 0.05) is 5.56 Å². The second-order valence-electron chi connectivity index (χ2n) is 6.00. The molecule has 132 valence electrons. The van der Waals surface area contributed by atoms with Crippen molar-refractivity contribution in [1.29, 1.82) is 0 Å². The Morgan fingerprint density at radius 1 is 0.889 bits per heavy atom. The first kappa shape index (κ1) is 16.7. The number of hydrogen-bond acceptors (Lipinski definition) is 4. The monoisotopic (exact) mass is 356 g/mol. The second kappa shape index (κ2) is 6.88. The first-order chi connectivity index (χ1) is 13.2. The maximum atomic E-state index is 13.2. The van der Waals surface area contributed by atoms with Gasteiger partial charge in [-0.15, -0.1) is 0 Å². The molecule has 0 fully saturated rings. The highest BCUT2D eigenvalue weighted by Gasteiger charge is 2.15. The number of methoxy groups -OCH3 is 1. The topological polar surface area (TPSA) is 61.2 Å². The van der Waals surface area contributed by atoms with Gasteiger partial charge >= 0.3 is 5.97 Å². The Kier molecular flexibility index (Phi) is 4.26. The Morgan fingerprint density at radius 3 is 2.26 bits per heavy atom. The fourth-order valence-electron chi connectivity index (χ4n) is 3.02. The van der Waals surface area contributed by atoms with Crippen molar-refractivity contribution >= 4 is 16.9 Å². The van der Waals surface area contributed by atoms with Crippen molar-refractivity contribution in [3.05, 3.63) is 94.8 Å². The molecule has 5 nitrogen and oxygen atoms in total. The van der Waals surface area contributed by atoms with Crippen LogP contribution in [0.15, 0.2) is 83.7 Å². The van der Waals surface area contributed by atoms with E-state index in [-0.39, 0.29) is 5.56 Å². The van der Waals surface area contributed by atoms with E-state index in [1.165, 1.54) is 7.11 Å². The van der Waals surface area contributed by atoms with Crippen LogP contribution in [-0.4, -0.2) is 22.6 Å². The highest BCUT2D eigenvalue weighted by atomic mass is 16.5. The van der Waals surface area contributed by atoms with Gasteiger partial charge in [0.1, 0.15) is 5.82 Å². The van der Waals surface area contributed by atoms with Crippen LogP contribution in [-0.2, 0) is 4.74 Å². The zero-order valence-electron chi connectivity index (χ0n) is 14.6. The molecule has 0 aliphatic carbocycles. The highest BCUT2D eigenvalue weighted by Crippen LogP contribution is 2.22. The quantitative estimate of drug-likeness (QED) is 0.523. The van der Waals surface area contributed by atoms with Crippen LogP contribution < -0.4 is 5.56 Å². The van der Waals surface area contributed by atoms with E-state index >= 15 is 0 Å². The van der Waals surface area contributed by atoms with Crippen LogP contribution in [0.1, 0.15) is 10.4 Å². The minimum atomic E-state index is -0.422. The van der Waals surface area contributed by atoms with Crippen LogP contribution in [0.3, 0.4) is 0 Å². The lowest BCUT2D eigenvalue weighted by atomic mass is 10.1. The van der Waals surface area contributed by atoms with Crippen LogP contribution in [0.2, 0.25) is 0 Å². The molecule has 27 heavy (non-hydrogen) atoms. The highest BCUT2D eigenvalue weighted by molar-refractivity contribution is 5.89. The van der Waals surface area contributed by atoms with Gasteiger partial charge in [-0.05, 0) is 36.4 Å². The molecule has 4 aromatic rings. The number of fused-ring (bicyclic) bond motifs is 1. The Balaban J connectivity index is 1.99. The van der Waals surface area contributed by atoms with Gasteiger partial charge in [-0.1, -0.05) is 42.5 Å². The predicted octanol–water partition coefficient (Wildman–Crippen LogP) is 3.84. The number of rotatable bonds is 3. The molecular formula is C22H16N2O3. The molecule has 3 aromatic carbocycles. The lowest BCUT2D eigenvalue weighted by Crippen LogP contribution is -2.22. The number of nitrogens with zero attached hydrogens (tertiary/aromatic N) is 2. The van der Waals surface area contributed by atoms with Crippen LogP contribution in [0, 0.1) is 0 Å². The number of aromatic nitrogens is 2. The van der Waals surface area contributed by atoms with Gasteiger partial charge < -0.3 is 4.74 Å². The lowest BCUT2D eigenvalue weighted by molar-refractivity contribution is 0.0601. The molecule has 0 N–H and O–H groups in total. The molecule has 0 spiro atoms. The minimum absolute atomic E-state index is 0.162. The Morgan fingerprint density at radius 2 is 1.56 bits per heavy atom. The van der Waals surface area contributed by atoms with Gasteiger partial charge in [-0.3, -0.25) is 9.36 Å². The number of ether oxygens (including phenoxy) is 1. The van der Waals surface area contributed by atoms with Crippen LogP contribution in [0.5, 0.6) is 0 Å². The van der Waals surface area contributed by atoms with Crippen LogP contribution in [0.4, 0.5) is 0 Å². The molecule has 0 aliphatic rings. The maximum Gasteiger partial charge on any atom is 0.337 e. The fourth-order valence-corrected chi connectivity index (χ4v) is 3.02. The summed E-state index contributed by atoms with van der Waals surface area (Å²) in [6.07, 6.45) is 0. The standard InChI is InChI=1S/C22H16N2O3/c1-27-22(26)16-11-13-17(14-12-16)24-20(15-7-3-2-4-8-15)23-19-10-6-5-9-18(19)21(24)25/h2-14H,1H3. The summed E-state index contributed by atoms with van der Waals surface area (Å²) in [5.41, 5.74) is 2.36. The van der Waals surface area contributed by atoms with E-state index in [9.17, 15) is 9.59 Å². The Hall–Kier alpha value is -3.73. The molecule has 0 saturated heterocycles. The lowest BCUT2D eigenvalue weighted by Gasteiger charge is -2.14. The molecule has 0 unspecified atom stereocenters. The van der Waals surface area contributed by atoms with Crippen molar-refractivity contribution in [2.75, 3.05) is 7.11 Å². The Labute approximate surface area is 155 Å². The van der Waals surface area contributed by atoms with Crippen molar-refractivity contribution in [3.63, 3.8) is 0 Å². The van der Waals surface area contributed by atoms with Gasteiger partial charge in [0.05, 0.1) is 29.3 Å². The third-order valence-electron chi connectivity index (χ3n) is 4.35. The van der Waals surface area contributed by atoms with E-state index in [2.05, 4.69) is 0 Å². The molecule has 0 atom stereocenters. The molecule has 1 heterocycles. The van der Waals surface area contributed by atoms with Gasteiger partial charge in [-0.25, -0.2) is 9.78 Å². The number of carbonyl (C=O) groups is 1. The first-order valence-electron chi connectivity index (χ1n) is 8.45. The van der Waals surface area contributed by atoms with Crippen molar-refractivity contribution in [2.45, 2.75) is 0 Å². The summed E-state index contributed by atoms with van der Waals surface area (Å²) in [5.74, 6) is 0.124. The van der Waals surface area contributed by atoms with Crippen molar-refractivity contribution in [1.82, 2.24) is 9.55 Å². The minimum Gasteiger partial charge on any atom is -0.465 e. The van der Waals surface area contributed by atoms with Crippen molar-refractivity contribution < 1.29 is 9.53 Å². The van der Waals surface area contributed by atoms with Crippen LogP contribution in [0.25, 0.3) is 28.0 Å². The normalized spacial score (nSPS) is 10.7. The van der Waals surface area contributed by atoms with E-state index in [4.69, 9.17) is 9.72 Å². The number of benzene rings is 3. The fraction of sp³-hybridized carbons (Fsp3) is 0.0455. The maximum absolute atomic E-state index is 13.2. The summed E-state index contributed by atoms with van der Waals surface area (Å²) in [6, 6.07) is 23.5. The molecule has 4 rings (SSSR count). The van der Waals surface area contributed by atoms with Crippen LogP contribution >= 0.6 is 0 Å². The largest absolute Gasteiger partial charge is 0.465 e. The average molecular weight is 356 g/mol. The second-order valence-corrected chi connectivity index (χ2v) is 6.00. The van der Waals surface area contributed by atoms with Gasteiger partial charge in [-0.2, -0.15) is 0 Å². The average Bonchev–Trinajstić information content (AvgIpc) is 2.74. The van der Waals surface area contributed by atoms with E-state index in [0.29, 0.717) is 28.0 Å². The summed E-state index contributed by atoms with van der Waals surface area (Å²) in [4.78, 5) is 29.6. The number of hydrogen-bond donors (Lipinski definition) is 0. The van der Waals surface area contributed by atoms with Gasteiger partial charge in [0.25, 0.3) is 5.56 Å². The first-order valence-corrected chi connectivity index (χ1v) is 8.45. The van der Waals surface area contributed by atoms with Crippen molar-refractivity contribution in [2.24, 2.45) is 0 Å². The number of esters is 1. The zero-order chi connectivity index (χ0) is 18.8. The number of carbonyl (C=O) groups excluding carboxylic acids is 1. The molecule has 0 amide bonds. The SMILES string of the molecule is COC(=O)c1ccc(-n2c(-c3ccccc3)nc3ccccc3c2=O)cc1. The molecule has 1 aromatic heterocycles. The van der Waals surface area contributed by atoms with E-state index in [1.54, 1.807) is 34.9 Å².